The van der Waals surface area contributed by atoms with Crippen molar-refractivity contribution in [2.45, 2.75) is 13.8 Å². The van der Waals surface area contributed by atoms with E-state index in [4.69, 9.17) is 14.2 Å². The third-order valence-electron chi connectivity index (χ3n) is 3.77. The summed E-state index contributed by atoms with van der Waals surface area (Å²) in [5.74, 6) is 1.48. The van der Waals surface area contributed by atoms with Crippen LogP contribution in [0.15, 0.2) is 66.7 Å². The number of carbonyl (C=O) groups is 1. The van der Waals surface area contributed by atoms with Crippen molar-refractivity contribution in [2.75, 3.05) is 6.79 Å². The molecule has 3 aromatic rings. The summed E-state index contributed by atoms with van der Waals surface area (Å²) in [5.41, 5.74) is 2.40. The van der Waals surface area contributed by atoms with Crippen molar-refractivity contribution in [3.8, 4) is 17.2 Å². The molecular formula is C22H19O4Y-. The van der Waals surface area contributed by atoms with Gasteiger partial charge in [-0.1, -0.05) is 17.7 Å². The number of hydrogen-bond acceptors (Lipinski definition) is 4. The molecule has 0 aliphatic rings. The van der Waals surface area contributed by atoms with Gasteiger partial charge in [0.25, 0.3) is 0 Å². The maximum absolute atomic E-state index is 12.3. The van der Waals surface area contributed by atoms with Gasteiger partial charge in [-0.2, -0.15) is 18.2 Å². The summed E-state index contributed by atoms with van der Waals surface area (Å²) in [7, 11) is 0. The van der Waals surface area contributed by atoms with Crippen molar-refractivity contribution < 1.29 is 51.7 Å². The number of carbonyl (C=O) groups excluding carboxylic acids is 1. The molecule has 3 aromatic carbocycles. The fourth-order valence-electron chi connectivity index (χ4n) is 2.34. The third-order valence-corrected chi connectivity index (χ3v) is 3.77. The molecular weight excluding hydrogens is 417 g/mol. The smallest absolute Gasteiger partial charge is 0.343 e. The molecule has 0 aliphatic heterocycles. The molecule has 135 valence electrons. The maximum Gasteiger partial charge on any atom is 0.343 e. The molecule has 0 saturated carbocycles. The van der Waals surface area contributed by atoms with Crippen molar-refractivity contribution in [3.05, 3.63) is 89.5 Å². The van der Waals surface area contributed by atoms with E-state index in [0.29, 0.717) is 22.8 Å². The summed E-state index contributed by atoms with van der Waals surface area (Å²) in [6.07, 6.45) is 0. The second-order valence-corrected chi connectivity index (χ2v) is 5.83. The number of aryl methyl sites for hydroxylation is 2. The molecule has 4 nitrogen and oxygen atoms in total. The van der Waals surface area contributed by atoms with Gasteiger partial charge in [0.15, 0.2) is 0 Å². The van der Waals surface area contributed by atoms with Crippen molar-refractivity contribution in [3.63, 3.8) is 0 Å². The maximum atomic E-state index is 12.3. The van der Waals surface area contributed by atoms with E-state index < -0.39 is 5.97 Å². The first-order valence-corrected chi connectivity index (χ1v) is 8.23. The second-order valence-electron chi connectivity index (χ2n) is 5.83. The minimum atomic E-state index is -0.403. The average molecular weight is 436 g/mol. The summed E-state index contributed by atoms with van der Waals surface area (Å²) in [5, 5.41) is 0. The van der Waals surface area contributed by atoms with Gasteiger partial charge in [0, 0.05) is 38.5 Å². The topological polar surface area (TPSA) is 44.8 Å². The summed E-state index contributed by atoms with van der Waals surface area (Å²) in [4.78, 5) is 12.3. The standard InChI is InChI=1S/C22H19O4.Y/c1-16-8-11-20(12-9-16)26-22(23)18-10-13-21(17(2)14-18)25-15-24-19-6-4-3-5-7-19;/h4-14H,15H2,1-2H3;/q-1;. The monoisotopic (exact) mass is 436 g/mol. The predicted octanol–water partition coefficient (Wildman–Crippen LogP) is 4.74. The Balaban J connectivity index is 0.00000261. The van der Waals surface area contributed by atoms with Crippen LogP contribution in [-0.4, -0.2) is 12.8 Å². The predicted molar refractivity (Wildman–Crippen MR) is 98.7 cm³/mol. The van der Waals surface area contributed by atoms with E-state index in [0.717, 1.165) is 11.1 Å². The average Bonchev–Trinajstić information content (AvgIpc) is 2.65. The van der Waals surface area contributed by atoms with Gasteiger partial charge in [-0.15, -0.1) is 12.1 Å². The first-order valence-electron chi connectivity index (χ1n) is 8.23. The molecule has 0 heterocycles. The van der Waals surface area contributed by atoms with Crippen LogP contribution >= 0.6 is 0 Å². The number of hydrogen-bond donors (Lipinski definition) is 0. The molecule has 0 saturated heterocycles. The largest absolute Gasteiger partial charge is 0.483 e. The molecule has 0 fully saturated rings. The fraction of sp³-hybridized carbons (Fsp3) is 0.136. The van der Waals surface area contributed by atoms with Crippen LogP contribution in [0.4, 0.5) is 0 Å². The Morgan fingerprint density at radius 2 is 1.59 bits per heavy atom. The Morgan fingerprint density at radius 1 is 0.889 bits per heavy atom. The van der Waals surface area contributed by atoms with Crippen LogP contribution in [-0.2, 0) is 32.7 Å². The Bertz CT molecular complexity index is 877. The number of ether oxygens (including phenoxy) is 3. The van der Waals surface area contributed by atoms with E-state index in [-0.39, 0.29) is 39.5 Å². The molecule has 0 aliphatic carbocycles. The van der Waals surface area contributed by atoms with Crippen LogP contribution in [0.5, 0.6) is 17.2 Å². The van der Waals surface area contributed by atoms with Crippen molar-refractivity contribution in [1.29, 1.82) is 0 Å². The van der Waals surface area contributed by atoms with Crippen LogP contribution in [0, 0.1) is 19.9 Å². The van der Waals surface area contributed by atoms with Gasteiger partial charge in [-0.3, -0.25) is 0 Å². The zero-order valence-corrected chi connectivity index (χ0v) is 18.1. The van der Waals surface area contributed by atoms with Crippen LogP contribution in [0.3, 0.4) is 0 Å². The minimum Gasteiger partial charge on any atom is -0.483 e. The van der Waals surface area contributed by atoms with E-state index in [2.05, 4.69) is 6.07 Å². The van der Waals surface area contributed by atoms with Gasteiger partial charge in [0.2, 0.25) is 6.79 Å². The normalized spacial score (nSPS) is 9.85. The zero-order chi connectivity index (χ0) is 18.4. The molecule has 0 N–H and O–H groups in total. The second kappa shape index (κ2) is 10.2. The third kappa shape index (κ3) is 6.19. The van der Waals surface area contributed by atoms with E-state index in [1.165, 1.54) is 0 Å². The van der Waals surface area contributed by atoms with Gasteiger partial charge >= 0.3 is 5.97 Å². The van der Waals surface area contributed by atoms with Gasteiger partial charge < -0.3 is 14.2 Å². The van der Waals surface area contributed by atoms with E-state index in [1.54, 1.807) is 54.6 Å². The summed E-state index contributed by atoms with van der Waals surface area (Å²) in [6, 6.07) is 22.6. The quantitative estimate of drug-likeness (QED) is 0.243. The van der Waals surface area contributed by atoms with Crippen LogP contribution < -0.4 is 14.2 Å². The molecule has 3 rings (SSSR count). The first-order chi connectivity index (χ1) is 12.6. The van der Waals surface area contributed by atoms with Crippen molar-refractivity contribution in [1.82, 2.24) is 0 Å². The SMILES string of the molecule is Cc1ccc(OC(=O)c2ccc(OCOc3cc[c-]cc3)c(C)c2)cc1.[Y]. The van der Waals surface area contributed by atoms with Crippen molar-refractivity contribution >= 4 is 5.97 Å². The molecule has 5 heteroatoms. The van der Waals surface area contributed by atoms with E-state index >= 15 is 0 Å². The molecule has 0 bridgehead atoms. The molecule has 0 spiro atoms. The number of esters is 1. The molecule has 27 heavy (non-hydrogen) atoms. The fourth-order valence-corrected chi connectivity index (χ4v) is 2.34. The molecule has 1 radical (unpaired) electrons. The Hall–Kier alpha value is -2.17. The van der Waals surface area contributed by atoms with Gasteiger partial charge in [0.1, 0.15) is 11.5 Å². The van der Waals surface area contributed by atoms with E-state index in [9.17, 15) is 4.79 Å². The Morgan fingerprint density at radius 3 is 2.26 bits per heavy atom. The molecule has 0 aromatic heterocycles. The summed E-state index contributed by atoms with van der Waals surface area (Å²) < 4.78 is 16.5. The summed E-state index contributed by atoms with van der Waals surface area (Å²) >= 11 is 0. The van der Waals surface area contributed by atoms with Crippen LogP contribution in [0.2, 0.25) is 0 Å². The minimum absolute atomic E-state index is 0. The molecule has 0 atom stereocenters. The zero-order valence-electron chi connectivity index (χ0n) is 15.3. The number of benzene rings is 3. The van der Waals surface area contributed by atoms with Crippen LogP contribution in [0.1, 0.15) is 21.5 Å². The summed E-state index contributed by atoms with van der Waals surface area (Å²) in [6.45, 7) is 3.93. The van der Waals surface area contributed by atoms with Gasteiger partial charge in [-0.25, -0.2) is 4.79 Å². The van der Waals surface area contributed by atoms with E-state index in [1.807, 2.05) is 26.0 Å². The Kier molecular flexibility index (Phi) is 8.02. The van der Waals surface area contributed by atoms with Gasteiger partial charge in [-0.05, 0) is 49.7 Å². The Labute approximate surface area is 184 Å². The number of rotatable bonds is 6. The van der Waals surface area contributed by atoms with Crippen LogP contribution in [0.25, 0.3) is 0 Å². The van der Waals surface area contributed by atoms with Gasteiger partial charge in [0.05, 0.1) is 5.56 Å². The van der Waals surface area contributed by atoms with Crippen molar-refractivity contribution in [2.24, 2.45) is 0 Å². The molecule has 0 unspecified atom stereocenters. The molecule has 0 amide bonds. The first kappa shape index (κ1) is 21.1.